The number of alkyl halides is 3. The first-order chi connectivity index (χ1) is 19.4. The van der Waals surface area contributed by atoms with Crippen molar-refractivity contribution in [2.45, 2.75) is 77.4 Å². The second kappa shape index (κ2) is 12.9. The largest absolute Gasteiger partial charge is 0.480 e. The number of pyridine rings is 1. The van der Waals surface area contributed by atoms with Crippen LogP contribution in [0.2, 0.25) is 0 Å². The van der Waals surface area contributed by atoms with E-state index in [1.165, 1.54) is 38.1 Å². The van der Waals surface area contributed by atoms with Crippen LogP contribution in [-0.2, 0) is 32.0 Å². The van der Waals surface area contributed by atoms with E-state index in [1.807, 2.05) is 0 Å². The SMILES string of the molecule is Cc1cc(C(F)(F)F)c(C(=O)c2ccc(C[C@@H](C(=O)O)N(N)C(=O)C3(CCCCS(C)(=O)=O)CCCC3)cc2)c(C)n1. The van der Waals surface area contributed by atoms with Gasteiger partial charge in [-0.05, 0) is 51.2 Å². The summed E-state index contributed by atoms with van der Waals surface area (Å²) in [5.74, 6) is 3.40. The number of nitrogens with zero attached hydrogens (tertiary/aromatic N) is 2. The number of carboxylic acid groups (broad SMARTS) is 1. The van der Waals surface area contributed by atoms with Gasteiger partial charge < -0.3 is 5.11 Å². The molecule has 1 atom stereocenters. The van der Waals surface area contributed by atoms with Gasteiger partial charge in [0.2, 0.25) is 5.91 Å². The number of aliphatic carboxylic acids is 1. The molecule has 0 unspecified atom stereocenters. The molecule has 1 aromatic carbocycles. The molecule has 0 bridgehead atoms. The van der Waals surface area contributed by atoms with Crippen LogP contribution < -0.4 is 5.84 Å². The van der Waals surface area contributed by atoms with E-state index in [0.29, 0.717) is 37.7 Å². The van der Waals surface area contributed by atoms with Crippen LogP contribution in [0.5, 0.6) is 0 Å². The summed E-state index contributed by atoms with van der Waals surface area (Å²) in [5, 5.41) is 10.7. The van der Waals surface area contributed by atoms with Gasteiger partial charge in [-0.25, -0.2) is 19.1 Å². The highest BCUT2D eigenvalue weighted by atomic mass is 32.2. The number of aryl methyl sites for hydroxylation is 2. The van der Waals surface area contributed by atoms with Crippen molar-refractivity contribution in [3.63, 3.8) is 0 Å². The third kappa shape index (κ3) is 7.94. The van der Waals surface area contributed by atoms with E-state index < -0.39 is 56.3 Å². The molecule has 1 amide bonds. The number of rotatable bonds is 12. The Morgan fingerprint density at radius 3 is 2.21 bits per heavy atom. The maximum absolute atomic E-state index is 13.7. The first kappa shape index (κ1) is 33.2. The van der Waals surface area contributed by atoms with Crippen molar-refractivity contribution >= 4 is 27.5 Å². The van der Waals surface area contributed by atoms with Crippen LogP contribution in [0.4, 0.5) is 13.2 Å². The van der Waals surface area contributed by atoms with Gasteiger partial charge in [-0.2, -0.15) is 13.2 Å². The Bertz CT molecular complexity index is 1440. The number of carboxylic acids is 1. The van der Waals surface area contributed by atoms with E-state index in [0.717, 1.165) is 30.2 Å². The van der Waals surface area contributed by atoms with Gasteiger partial charge in [0.25, 0.3) is 0 Å². The number of unbranched alkanes of at least 4 members (excludes halogenated alkanes) is 1. The Morgan fingerprint density at radius 2 is 1.69 bits per heavy atom. The molecule has 1 aliphatic carbocycles. The predicted octanol–water partition coefficient (Wildman–Crippen LogP) is 4.42. The summed E-state index contributed by atoms with van der Waals surface area (Å²) in [6.07, 6.45) is 0.0193. The van der Waals surface area contributed by atoms with E-state index in [9.17, 15) is 41.1 Å². The van der Waals surface area contributed by atoms with Crippen molar-refractivity contribution in [2.75, 3.05) is 12.0 Å². The fraction of sp³-hybridized carbons (Fsp3) is 0.517. The lowest BCUT2D eigenvalue weighted by Gasteiger charge is -2.35. The summed E-state index contributed by atoms with van der Waals surface area (Å²) in [6.45, 7) is 2.74. The van der Waals surface area contributed by atoms with E-state index in [1.54, 1.807) is 0 Å². The number of hydrogen-bond acceptors (Lipinski definition) is 7. The lowest BCUT2D eigenvalue weighted by molar-refractivity contribution is -0.156. The summed E-state index contributed by atoms with van der Waals surface area (Å²) in [6, 6.07) is 4.83. The standard InChI is InChI=1S/C29H36F3N3O6S/c1-18-16-22(29(30,31)32)24(19(2)34-18)25(36)21-10-8-20(9-11-21)17-23(26(37)38)35(33)27(39)28(12-4-5-13-28)14-6-7-15-42(3,40)41/h8-11,16,23H,4-7,12-15,17,33H2,1-3H3,(H,37,38)/t23-/m0/s1. The average Bonchev–Trinajstić information content (AvgIpc) is 3.37. The number of benzene rings is 1. The summed E-state index contributed by atoms with van der Waals surface area (Å²) in [7, 11) is -3.14. The van der Waals surface area contributed by atoms with Gasteiger partial charge in [0.15, 0.2) is 5.78 Å². The number of ketones is 1. The van der Waals surface area contributed by atoms with Crippen molar-refractivity contribution in [3.8, 4) is 0 Å². The minimum atomic E-state index is -4.76. The summed E-state index contributed by atoms with van der Waals surface area (Å²) >= 11 is 0. The number of hydrazine groups is 1. The lowest BCUT2D eigenvalue weighted by atomic mass is 9.79. The molecule has 13 heteroatoms. The van der Waals surface area contributed by atoms with Crippen molar-refractivity contribution in [2.24, 2.45) is 11.3 Å². The number of hydrogen-bond donors (Lipinski definition) is 2. The van der Waals surface area contributed by atoms with E-state index in [4.69, 9.17) is 5.84 Å². The number of sulfone groups is 1. The molecule has 0 radical (unpaired) electrons. The highest BCUT2D eigenvalue weighted by molar-refractivity contribution is 7.90. The van der Waals surface area contributed by atoms with E-state index >= 15 is 0 Å². The fourth-order valence-corrected chi connectivity index (χ4v) is 6.40. The van der Waals surface area contributed by atoms with Crippen LogP contribution in [0.15, 0.2) is 30.3 Å². The molecule has 0 saturated heterocycles. The molecule has 1 heterocycles. The summed E-state index contributed by atoms with van der Waals surface area (Å²) < 4.78 is 64.0. The summed E-state index contributed by atoms with van der Waals surface area (Å²) in [5.41, 5.74) is -2.07. The van der Waals surface area contributed by atoms with Crippen molar-refractivity contribution in [3.05, 3.63) is 64.0 Å². The highest BCUT2D eigenvalue weighted by Crippen LogP contribution is 2.44. The first-order valence-corrected chi connectivity index (χ1v) is 15.7. The molecule has 0 spiro atoms. The lowest BCUT2D eigenvalue weighted by Crippen LogP contribution is -2.55. The number of halogens is 3. The Labute approximate surface area is 243 Å². The van der Waals surface area contributed by atoms with Crippen LogP contribution in [0.1, 0.15) is 83.4 Å². The average molecular weight is 612 g/mol. The van der Waals surface area contributed by atoms with Crippen LogP contribution in [0.25, 0.3) is 0 Å². The molecule has 42 heavy (non-hydrogen) atoms. The van der Waals surface area contributed by atoms with Crippen LogP contribution >= 0.6 is 0 Å². The minimum absolute atomic E-state index is 0.00261. The highest BCUT2D eigenvalue weighted by Gasteiger charge is 2.45. The quantitative estimate of drug-likeness (QED) is 0.118. The number of aromatic nitrogens is 1. The predicted molar refractivity (Wildman–Crippen MR) is 149 cm³/mol. The number of carbonyl (C=O) groups is 3. The minimum Gasteiger partial charge on any atom is -0.480 e. The van der Waals surface area contributed by atoms with Gasteiger partial charge in [-0.1, -0.05) is 43.5 Å². The molecule has 1 aromatic heterocycles. The maximum Gasteiger partial charge on any atom is 0.417 e. The molecule has 9 nitrogen and oxygen atoms in total. The Hall–Kier alpha value is -3.32. The van der Waals surface area contributed by atoms with Gasteiger partial charge >= 0.3 is 12.1 Å². The van der Waals surface area contributed by atoms with Gasteiger partial charge in [-0.3, -0.25) is 19.6 Å². The number of nitrogens with two attached hydrogens (primary N) is 1. The third-order valence-electron chi connectivity index (χ3n) is 7.80. The Kier molecular flexibility index (Phi) is 10.2. The number of carbonyl (C=O) groups excluding carboxylic acids is 2. The Morgan fingerprint density at radius 1 is 1.10 bits per heavy atom. The first-order valence-electron chi connectivity index (χ1n) is 13.6. The second-order valence-electron chi connectivity index (χ2n) is 11.1. The molecule has 1 aliphatic rings. The molecule has 1 fully saturated rings. The van der Waals surface area contributed by atoms with E-state index in [2.05, 4.69) is 4.98 Å². The molecule has 3 rings (SSSR count). The molecule has 3 N–H and O–H groups in total. The van der Waals surface area contributed by atoms with Gasteiger partial charge in [0.1, 0.15) is 15.9 Å². The zero-order chi connectivity index (χ0) is 31.5. The van der Waals surface area contributed by atoms with E-state index in [-0.39, 0.29) is 29.1 Å². The maximum atomic E-state index is 13.7. The zero-order valence-electron chi connectivity index (χ0n) is 23.8. The topological polar surface area (TPSA) is 148 Å². The van der Waals surface area contributed by atoms with Gasteiger partial charge in [0.05, 0.1) is 16.5 Å². The molecule has 230 valence electrons. The van der Waals surface area contributed by atoms with Crippen LogP contribution in [-0.4, -0.2) is 59.2 Å². The normalized spacial score (nSPS) is 15.8. The van der Waals surface area contributed by atoms with Crippen molar-refractivity contribution in [1.82, 2.24) is 9.99 Å². The van der Waals surface area contributed by atoms with Crippen LogP contribution in [0.3, 0.4) is 0 Å². The molecule has 2 aromatic rings. The fourth-order valence-electron chi connectivity index (χ4n) is 5.67. The monoisotopic (exact) mass is 611 g/mol. The second-order valence-corrected chi connectivity index (χ2v) is 13.4. The number of amides is 1. The smallest absolute Gasteiger partial charge is 0.417 e. The zero-order valence-corrected chi connectivity index (χ0v) is 24.6. The van der Waals surface area contributed by atoms with Crippen molar-refractivity contribution in [1.29, 1.82) is 0 Å². The molecule has 0 aliphatic heterocycles. The van der Waals surface area contributed by atoms with Gasteiger partial charge in [-0.15, -0.1) is 0 Å². The van der Waals surface area contributed by atoms with Gasteiger partial charge in [0, 0.05) is 35.4 Å². The molecule has 1 saturated carbocycles. The summed E-state index contributed by atoms with van der Waals surface area (Å²) in [4.78, 5) is 42.8. The van der Waals surface area contributed by atoms with Crippen molar-refractivity contribution < 1.29 is 41.1 Å². The van der Waals surface area contributed by atoms with Crippen LogP contribution in [0, 0.1) is 19.3 Å². The third-order valence-corrected chi connectivity index (χ3v) is 8.83. The molecular formula is C29H36F3N3O6S. The Balaban J connectivity index is 1.79. The molecular weight excluding hydrogens is 575 g/mol.